The SMILES string of the molecule is O=C(O)Cc1ccc(CCNS(=O)(=O)c2ccc(Cl)cc2)c2ccc(=O)[nH]c12. The molecule has 0 saturated heterocycles. The fourth-order valence-corrected chi connectivity index (χ4v) is 4.07. The molecule has 0 aliphatic heterocycles. The number of halogens is 1. The summed E-state index contributed by atoms with van der Waals surface area (Å²) in [5.41, 5.74) is 1.40. The monoisotopic (exact) mass is 420 g/mol. The molecule has 0 unspecified atom stereocenters. The van der Waals surface area contributed by atoms with Gasteiger partial charge in [-0.25, -0.2) is 13.1 Å². The smallest absolute Gasteiger partial charge is 0.307 e. The molecule has 7 nitrogen and oxygen atoms in total. The van der Waals surface area contributed by atoms with Crippen LogP contribution in [0.2, 0.25) is 5.02 Å². The van der Waals surface area contributed by atoms with Crippen molar-refractivity contribution in [3.8, 4) is 0 Å². The second-order valence-electron chi connectivity index (χ2n) is 6.17. The molecule has 0 fully saturated rings. The van der Waals surface area contributed by atoms with E-state index >= 15 is 0 Å². The average Bonchev–Trinajstić information content (AvgIpc) is 2.63. The number of carboxylic acid groups (broad SMARTS) is 1. The minimum absolute atomic E-state index is 0.114. The van der Waals surface area contributed by atoms with Gasteiger partial charge in [-0.2, -0.15) is 0 Å². The third-order valence-electron chi connectivity index (χ3n) is 4.22. The molecule has 3 aromatic rings. The fourth-order valence-electron chi connectivity index (χ4n) is 2.92. The van der Waals surface area contributed by atoms with E-state index in [1.807, 2.05) is 0 Å². The number of rotatable bonds is 7. The quantitative estimate of drug-likeness (QED) is 0.542. The van der Waals surface area contributed by atoms with E-state index < -0.39 is 16.0 Å². The summed E-state index contributed by atoms with van der Waals surface area (Å²) in [4.78, 5) is 25.5. The Morgan fingerprint density at radius 2 is 1.71 bits per heavy atom. The van der Waals surface area contributed by atoms with Crippen molar-refractivity contribution in [1.29, 1.82) is 0 Å². The van der Waals surface area contributed by atoms with E-state index in [1.165, 1.54) is 30.3 Å². The number of nitrogens with one attached hydrogen (secondary N) is 2. The van der Waals surface area contributed by atoms with E-state index in [4.69, 9.17) is 16.7 Å². The van der Waals surface area contributed by atoms with Crippen LogP contribution in [0.25, 0.3) is 10.9 Å². The molecule has 3 N–H and O–H groups in total. The molecule has 9 heteroatoms. The van der Waals surface area contributed by atoms with Crippen molar-refractivity contribution in [3.05, 3.63) is 75.0 Å². The summed E-state index contributed by atoms with van der Waals surface area (Å²) in [6.07, 6.45) is 0.142. The lowest BCUT2D eigenvalue weighted by molar-refractivity contribution is -0.136. The number of fused-ring (bicyclic) bond motifs is 1. The van der Waals surface area contributed by atoms with Gasteiger partial charge in [-0.15, -0.1) is 0 Å². The topological polar surface area (TPSA) is 116 Å². The van der Waals surface area contributed by atoms with Gasteiger partial charge in [-0.3, -0.25) is 9.59 Å². The van der Waals surface area contributed by atoms with Gasteiger partial charge in [0.1, 0.15) is 0 Å². The number of sulfonamides is 1. The van der Waals surface area contributed by atoms with E-state index in [0.29, 0.717) is 27.9 Å². The minimum atomic E-state index is -3.68. The molecule has 0 saturated carbocycles. The van der Waals surface area contributed by atoms with Gasteiger partial charge in [-0.05, 0) is 47.9 Å². The van der Waals surface area contributed by atoms with Crippen molar-refractivity contribution in [2.24, 2.45) is 0 Å². The normalized spacial score (nSPS) is 11.6. The first-order valence-electron chi connectivity index (χ1n) is 8.37. The Hall–Kier alpha value is -2.68. The highest BCUT2D eigenvalue weighted by Crippen LogP contribution is 2.21. The Kier molecular flexibility index (Phi) is 5.83. The maximum atomic E-state index is 12.4. The lowest BCUT2D eigenvalue weighted by Gasteiger charge is -2.11. The predicted octanol–water partition coefficient (Wildman–Crippen LogP) is 2.33. The number of aliphatic carboxylic acids is 1. The van der Waals surface area contributed by atoms with Crippen molar-refractivity contribution < 1.29 is 18.3 Å². The van der Waals surface area contributed by atoms with Crippen LogP contribution >= 0.6 is 11.6 Å². The maximum absolute atomic E-state index is 12.4. The second-order valence-corrected chi connectivity index (χ2v) is 8.37. The van der Waals surface area contributed by atoms with Gasteiger partial charge in [-0.1, -0.05) is 23.7 Å². The molecule has 28 heavy (non-hydrogen) atoms. The number of hydrogen-bond acceptors (Lipinski definition) is 4. The summed E-state index contributed by atoms with van der Waals surface area (Å²) in [6.45, 7) is 0.136. The van der Waals surface area contributed by atoms with Crippen LogP contribution in [0.4, 0.5) is 0 Å². The summed E-state index contributed by atoms with van der Waals surface area (Å²) in [6, 6.07) is 12.2. The Morgan fingerprint density at radius 3 is 2.39 bits per heavy atom. The highest BCUT2D eigenvalue weighted by Gasteiger charge is 2.14. The molecule has 0 atom stereocenters. The molecule has 0 aliphatic carbocycles. The Labute approximate surface area is 166 Å². The van der Waals surface area contributed by atoms with Crippen LogP contribution in [0, 0.1) is 0 Å². The largest absolute Gasteiger partial charge is 0.481 e. The standard InChI is InChI=1S/C19H17ClN2O5S/c20-14-3-5-15(6-4-14)28(26,27)21-10-9-12-1-2-13(11-18(24)25)19-16(12)7-8-17(23)22-19/h1-8,21H,9-11H2,(H,22,23)(H,24,25). The molecular weight excluding hydrogens is 404 g/mol. The minimum Gasteiger partial charge on any atom is -0.481 e. The Balaban J connectivity index is 1.82. The van der Waals surface area contributed by atoms with Crippen LogP contribution in [0.1, 0.15) is 11.1 Å². The van der Waals surface area contributed by atoms with Gasteiger partial charge in [0, 0.05) is 23.0 Å². The van der Waals surface area contributed by atoms with E-state index in [0.717, 1.165) is 5.56 Å². The van der Waals surface area contributed by atoms with Gasteiger partial charge in [0.05, 0.1) is 16.8 Å². The molecule has 146 valence electrons. The summed E-state index contributed by atoms with van der Waals surface area (Å²) in [5.74, 6) is -1.01. The van der Waals surface area contributed by atoms with Crippen molar-refractivity contribution in [3.63, 3.8) is 0 Å². The zero-order valence-electron chi connectivity index (χ0n) is 14.6. The van der Waals surface area contributed by atoms with Gasteiger partial charge in [0.25, 0.3) is 0 Å². The molecule has 1 heterocycles. The third kappa shape index (κ3) is 4.59. The summed E-state index contributed by atoms with van der Waals surface area (Å²) < 4.78 is 27.2. The zero-order valence-corrected chi connectivity index (χ0v) is 16.2. The van der Waals surface area contributed by atoms with E-state index in [2.05, 4.69) is 9.71 Å². The summed E-state index contributed by atoms with van der Waals surface area (Å²) >= 11 is 5.78. The Morgan fingerprint density at radius 1 is 1.04 bits per heavy atom. The number of hydrogen-bond donors (Lipinski definition) is 3. The first kappa shape index (κ1) is 20.1. The van der Waals surface area contributed by atoms with Crippen molar-refractivity contribution in [2.45, 2.75) is 17.7 Å². The van der Waals surface area contributed by atoms with Crippen LogP contribution in [-0.2, 0) is 27.7 Å². The molecular formula is C19H17ClN2O5S. The number of aromatic nitrogens is 1. The predicted molar refractivity (Wildman–Crippen MR) is 106 cm³/mol. The lowest BCUT2D eigenvalue weighted by Crippen LogP contribution is -2.26. The molecule has 0 amide bonds. The second kappa shape index (κ2) is 8.14. The van der Waals surface area contributed by atoms with Crippen LogP contribution < -0.4 is 10.3 Å². The molecule has 0 bridgehead atoms. The van der Waals surface area contributed by atoms with Gasteiger partial charge < -0.3 is 10.1 Å². The molecule has 2 aromatic carbocycles. The van der Waals surface area contributed by atoms with Crippen LogP contribution in [0.3, 0.4) is 0 Å². The first-order chi connectivity index (χ1) is 13.3. The average molecular weight is 421 g/mol. The number of aromatic amines is 1. The van der Waals surface area contributed by atoms with Crippen LogP contribution in [0.5, 0.6) is 0 Å². The van der Waals surface area contributed by atoms with Gasteiger partial charge >= 0.3 is 5.97 Å². The summed E-state index contributed by atoms with van der Waals surface area (Å²) in [5, 5.41) is 10.2. The van der Waals surface area contributed by atoms with Gasteiger partial charge in [0.15, 0.2) is 0 Å². The molecule has 0 aliphatic rings. The van der Waals surface area contributed by atoms with Crippen LogP contribution in [0.15, 0.2) is 58.2 Å². The van der Waals surface area contributed by atoms with E-state index in [-0.39, 0.29) is 23.4 Å². The lowest BCUT2D eigenvalue weighted by atomic mass is 10.00. The van der Waals surface area contributed by atoms with E-state index in [9.17, 15) is 18.0 Å². The van der Waals surface area contributed by atoms with Crippen LogP contribution in [-0.4, -0.2) is 31.0 Å². The molecule has 1 aromatic heterocycles. The number of pyridine rings is 1. The number of carbonyl (C=O) groups is 1. The van der Waals surface area contributed by atoms with Crippen molar-refractivity contribution >= 4 is 38.5 Å². The zero-order chi connectivity index (χ0) is 20.3. The molecule has 0 radical (unpaired) electrons. The Bertz CT molecular complexity index is 1190. The van der Waals surface area contributed by atoms with Gasteiger partial charge in [0.2, 0.25) is 15.6 Å². The van der Waals surface area contributed by atoms with Crippen molar-refractivity contribution in [2.75, 3.05) is 6.54 Å². The first-order valence-corrected chi connectivity index (χ1v) is 10.2. The fraction of sp³-hybridized carbons (Fsp3) is 0.158. The molecule has 0 spiro atoms. The van der Waals surface area contributed by atoms with Crippen molar-refractivity contribution in [1.82, 2.24) is 9.71 Å². The van der Waals surface area contributed by atoms with E-state index in [1.54, 1.807) is 18.2 Å². The number of benzene rings is 2. The third-order valence-corrected chi connectivity index (χ3v) is 5.95. The number of carboxylic acids is 1. The maximum Gasteiger partial charge on any atom is 0.307 e. The number of H-pyrrole nitrogens is 1. The highest BCUT2D eigenvalue weighted by atomic mass is 35.5. The highest BCUT2D eigenvalue weighted by molar-refractivity contribution is 7.89. The summed E-state index contributed by atoms with van der Waals surface area (Å²) in [7, 11) is -3.68. The molecule has 3 rings (SSSR count).